The zero-order chi connectivity index (χ0) is 26.8. The van der Waals surface area contributed by atoms with Gasteiger partial charge in [0.15, 0.2) is 11.0 Å². The molecule has 0 aliphatic rings. The van der Waals surface area contributed by atoms with E-state index in [2.05, 4.69) is 48.4 Å². The molecular formula is C28H27F3N4OS. The van der Waals surface area contributed by atoms with Crippen LogP contribution in [-0.2, 0) is 16.4 Å². The third-order valence-corrected chi connectivity index (χ3v) is 6.67. The lowest BCUT2D eigenvalue weighted by Gasteiger charge is -2.19. The second-order valence-electron chi connectivity index (χ2n) is 9.72. The first-order chi connectivity index (χ1) is 17.4. The third-order valence-electron chi connectivity index (χ3n) is 5.74. The summed E-state index contributed by atoms with van der Waals surface area (Å²) in [4.78, 5) is 12.6. The van der Waals surface area contributed by atoms with Crippen LogP contribution in [0, 0.1) is 6.92 Å². The number of rotatable bonds is 6. The molecule has 192 valence electrons. The molecular weight excluding hydrogens is 497 g/mol. The summed E-state index contributed by atoms with van der Waals surface area (Å²) in [5.74, 6) is 0.132. The van der Waals surface area contributed by atoms with Gasteiger partial charge in [0.1, 0.15) is 0 Å². The lowest BCUT2D eigenvalue weighted by atomic mass is 9.87. The first-order valence-corrected chi connectivity index (χ1v) is 12.6. The van der Waals surface area contributed by atoms with E-state index < -0.39 is 17.6 Å². The van der Waals surface area contributed by atoms with Gasteiger partial charge in [0.25, 0.3) is 0 Å². The van der Waals surface area contributed by atoms with E-state index >= 15 is 0 Å². The molecule has 1 N–H and O–H groups in total. The molecule has 0 unspecified atom stereocenters. The molecule has 1 aromatic heterocycles. The Morgan fingerprint density at radius 1 is 0.919 bits per heavy atom. The highest BCUT2D eigenvalue weighted by molar-refractivity contribution is 7.99. The maximum absolute atomic E-state index is 13.0. The average Bonchev–Trinajstić information content (AvgIpc) is 3.26. The summed E-state index contributed by atoms with van der Waals surface area (Å²) in [7, 11) is 0. The van der Waals surface area contributed by atoms with Gasteiger partial charge in [-0.25, -0.2) is 0 Å². The number of aromatic nitrogens is 3. The minimum atomic E-state index is -4.48. The second kappa shape index (κ2) is 10.4. The molecule has 9 heteroatoms. The Morgan fingerprint density at radius 3 is 2.22 bits per heavy atom. The van der Waals surface area contributed by atoms with E-state index in [0.29, 0.717) is 11.0 Å². The fourth-order valence-corrected chi connectivity index (χ4v) is 4.45. The number of nitrogens with one attached hydrogen (secondary N) is 1. The molecule has 4 rings (SSSR count). The number of halogens is 3. The Kier molecular flexibility index (Phi) is 7.45. The number of anilines is 1. The number of hydrogen-bond donors (Lipinski definition) is 1. The van der Waals surface area contributed by atoms with Gasteiger partial charge in [-0.3, -0.25) is 9.36 Å². The maximum Gasteiger partial charge on any atom is 0.416 e. The molecule has 0 bridgehead atoms. The van der Waals surface area contributed by atoms with Crippen LogP contribution in [0.3, 0.4) is 0 Å². The number of nitrogens with zero attached hydrogens (tertiary/aromatic N) is 3. The molecule has 4 aromatic rings. The SMILES string of the molecule is Cc1ccc(-n2c(SCC(=O)Nc3cccc(C(F)(F)F)c3)nnc2-c2ccc(C(C)(C)C)cc2)cc1. The molecule has 0 radical (unpaired) electrons. The van der Waals surface area contributed by atoms with Crippen molar-refractivity contribution in [2.24, 2.45) is 0 Å². The molecule has 0 saturated heterocycles. The number of aryl methyl sites for hydroxylation is 1. The van der Waals surface area contributed by atoms with E-state index in [9.17, 15) is 18.0 Å². The summed E-state index contributed by atoms with van der Waals surface area (Å²) in [5, 5.41) is 11.8. The standard InChI is InChI=1S/C28H27F3N4OS/c1-18-8-14-23(15-9-18)35-25(19-10-12-20(13-11-19)27(2,3)4)33-34-26(35)37-17-24(36)32-22-7-5-6-21(16-22)28(29,30)31/h5-16H,17H2,1-4H3,(H,32,36). The molecule has 0 fully saturated rings. The maximum atomic E-state index is 13.0. The summed E-state index contributed by atoms with van der Waals surface area (Å²) in [6.07, 6.45) is -4.48. The van der Waals surface area contributed by atoms with Crippen molar-refractivity contribution in [2.75, 3.05) is 11.1 Å². The van der Waals surface area contributed by atoms with Gasteiger partial charge in [-0.15, -0.1) is 10.2 Å². The topological polar surface area (TPSA) is 59.8 Å². The number of amides is 1. The number of thioether (sulfide) groups is 1. The first kappa shape index (κ1) is 26.5. The molecule has 0 aliphatic heterocycles. The van der Waals surface area contributed by atoms with E-state index in [4.69, 9.17) is 0 Å². The van der Waals surface area contributed by atoms with Crippen molar-refractivity contribution in [3.63, 3.8) is 0 Å². The van der Waals surface area contributed by atoms with Crippen molar-refractivity contribution in [1.82, 2.24) is 14.8 Å². The Bertz CT molecular complexity index is 1390. The van der Waals surface area contributed by atoms with Crippen LogP contribution in [0.2, 0.25) is 0 Å². The highest BCUT2D eigenvalue weighted by atomic mass is 32.2. The van der Waals surface area contributed by atoms with Gasteiger partial charge >= 0.3 is 6.18 Å². The lowest BCUT2D eigenvalue weighted by Crippen LogP contribution is -2.15. The quantitative estimate of drug-likeness (QED) is 0.269. The molecule has 0 atom stereocenters. The molecule has 5 nitrogen and oxygen atoms in total. The fourth-order valence-electron chi connectivity index (χ4n) is 3.70. The zero-order valence-corrected chi connectivity index (χ0v) is 21.7. The van der Waals surface area contributed by atoms with E-state index in [0.717, 1.165) is 40.7 Å². The molecule has 1 heterocycles. The number of carbonyl (C=O) groups is 1. The van der Waals surface area contributed by atoms with Gasteiger partial charge in [-0.1, -0.05) is 80.6 Å². The zero-order valence-electron chi connectivity index (χ0n) is 20.9. The van der Waals surface area contributed by atoms with Crippen LogP contribution in [0.4, 0.5) is 18.9 Å². The lowest BCUT2D eigenvalue weighted by molar-refractivity contribution is -0.137. The van der Waals surface area contributed by atoms with Crippen LogP contribution in [-0.4, -0.2) is 26.4 Å². The van der Waals surface area contributed by atoms with Crippen LogP contribution in [0.1, 0.15) is 37.5 Å². The molecule has 1 amide bonds. The smallest absolute Gasteiger partial charge is 0.325 e. The summed E-state index contributed by atoms with van der Waals surface area (Å²) in [6, 6.07) is 20.6. The van der Waals surface area contributed by atoms with Crippen LogP contribution < -0.4 is 5.32 Å². The predicted molar refractivity (Wildman–Crippen MR) is 141 cm³/mol. The van der Waals surface area contributed by atoms with Crippen molar-refractivity contribution in [2.45, 2.75) is 44.4 Å². The average molecular weight is 525 g/mol. The van der Waals surface area contributed by atoms with E-state index in [1.54, 1.807) is 0 Å². The first-order valence-electron chi connectivity index (χ1n) is 11.6. The van der Waals surface area contributed by atoms with Crippen molar-refractivity contribution in [1.29, 1.82) is 0 Å². The van der Waals surface area contributed by atoms with Crippen molar-refractivity contribution >= 4 is 23.4 Å². The normalized spacial score (nSPS) is 12.0. The van der Waals surface area contributed by atoms with Gasteiger partial charge in [-0.2, -0.15) is 13.2 Å². The van der Waals surface area contributed by atoms with Gasteiger partial charge in [-0.05, 0) is 48.2 Å². The van der Waals surface area contributed by atoms with Crippen molar-refractivity contribution in [3.05, 3.63) is 89.5 Å². The van der Waals surface area contributed by atoms with Crippen LogP contribution in [0.25, 0.3) is 17.1 Å². The third kappa shape index (κ3) is 6.40. The van der Waals surface area contributed by atoms with Crippen molar-refractivity contribution < 1.29 is 18.0 Å². The van der Waals surface area contributed by atoms with Crippen LogP contribution in [0.5, 0.6) is 0 Å². The van der Waals surface area contributed by atoms with E-state index in [1.807, 2.05) is 47.9 Å². The van der Waals surface area contributed by atoms with Crippen molar-refractivity contribution in [3.8, 4) is 17.1 Å². The number of hydrogen-bond acceptors (Lipinski definition) is 4. The van der Waals surface area contributed by atoms with E-state index in [-0.39, 0.29) is 16.9 Å². The predicted octanol–water partition coefficient (Wildman–Crippen LogP) is 7.29. The largest absolute Gasteiger partial charge is 0.416 e. The highest BCUT2D eigenvalue weighted by Crippen LogP contribution is 2.32. The molecule has 0 aliphatic carbocycles. The summed E-state index contributed by atoms with van der Waals surface area (Å²) >= 11 is 1.16. The Hall–Kier alpha value is -3.59. The number of alkyl halides is 3. The van der Waals surface area contributed by atoms with Gasteiger partial charge < -0.3 is 5.32 Å². The summed E-state index contributed by atoms with van der Waals surface area (Å²) in [5.41, 5.74) is 3.28. The monoisotopic (exact) mass is 524 g/mol. The van der Waals surface area contributed by atoms with E-state index in [1.165, 1.54) is 17.7 Å². The van der Waals surface area contributed by atoms with Crippen LogP contribution >= 0.6 is 11.8 Å². The molecule has 0 spiro atoms. The Balaban J connectivity index is 1.59. The number of benzene rings is 3. The van der Waals surface area contributed by atoms with Gasteiger partial charge in [0.05, 0.1) is 11.3 Å². The molecule has 0 saturated carbocycles. The van der Waals surface area contributed by atoms with Gasteiger partial charge in [0.2, 0.25) is 5.91 Å². The minimum absolute atomic E-state index is 0.0111. The Labute approximate surface area is 218 Å². The second-order valence-corrected chi connectivity index (χ2v) is 10.7. The van der Waals surface area contributed by atoms with Crippen LogP contribution in [0.15, 0.2) is 78.0 Å². The summed E-state index contributed by atoms with van der Waals surface area (Å²) in [6.45, 7) is 8.44. The highest BCUT2D eigenvalue weighted by Gasteiger charge is 2.30. The fraction of sp³-hybridized carbons (Fsp3) is 0.250. The van der Waals surface area contributed by atoms with Gasteiger partial charge in [0, 0.05) is 16.9 Å². The Morgan fingerprint density at radius 2 is 1.59 bits per heavy atom. The molecule has 3 aromatic carbocycles. The number of carbonyl (C=O) groups excluding carboxylic acids is 1. The molecule has 37 heavy (non-hydrogen) atoms. The summed E-state index contributed by atoms with van der Waals surface area (Å²) < 4.78 is 40.9. The minimum Gasteiger partial charge on any atom is -0.325 e.